The summed E-state index contributed by atoms with van der Waals surface area (Å²) in [6, 6.07) is 6.82. The summed E-state index contributed by atoms with van der Waals surface area (Å²) in [5, 5.41) is 0. The molecular formula is C14H18FN. The van der Waals surface area contributed by atoms with Crippen molar-refractivity contribution in [3.63, 3.8) is 0 Å². The molecule has 4 atom stereocenters. The molecule has 2 bridgehead atoms. The average Bonchev–Trinajstić information content (AvgIpc) is 2.91. The van der Waals surface area contributed by atoms with Gasteiger partial charge in [-0.05, 0) is 54.7 Å². The summed E-state index contributed by atoms with van der Waals surface area (Å²) in [7, 11) is 0. The van der Waals surface area contributed by atoms with Crippen molar-refractivity contribution in [2.45, 2.75) is 31.7 Å². The second kappa shape index (κ2) is 3.85. The van der Waals surface area contributed by atoms with Gasteiger partial charge in [-0.25, -0.2) is 4.39 Å². The molecule has 2 heteroatoms. The molecule has 2 aliphatic rings. The van der Waals surface area contributed by atoms with E-state index in [1.807, 2.05) is 12.1 Å². The molecule has 3 rings (SSSR count). The molecule has 2 aliphatic carbocycles. The molecule has 0 aliphatic heterocycles. The standard InChI is InChI=1S/C14H18FN/c15-12-5-3-10(4-6-12)14(16)13-8-9-1-2-11(13)7-9/h3-6,9,11,13-14H,1-2,7-8,16H2. The van der Waals surface area contributed by atoms with E-state index in [1.54, 1.807) is 0 Å². The van der Waals surface area contributed by atoms with Gasteiger partial charge in [0.05, 0.1) is 0 Å². The van der Waals surface area contributed by atoms with Gasteiger partial charge in [0.15, 0.2) is 0 Å². The molecule has 0 aromatic heterocycles. The minimum absolute atomic E-state index is 0.107. The Balaban J connectivity index is 1.77. The van der Waals surface area contributed by atoms with Crippen molar-refractivity contribution >= 4 is 0 Å². The smallest absolute Gasteiger partial charge is 0.123 e. The second-order valence-electron chi connectivity index (χ2n) is 5.42. The number of hydrogen-bond acceptors (Lipinski definition) is 1. The fourth-order valence-corrected chi connectivity index (χ4v) is 3.67. The minimum Gasteiger partial charge on any atom is -0.324 e. The minimum atomic E-state index is -0.177. The Labute approximate surface area is 95.8 Å². The van der Waals surface area contributed by atoms with E-state index in [2.05, 4.69) is 0 Å². The van der Waals surface area contributed by atoms with E-state index in [0.717, 1.165) is 17.4 Å². The summed E-state index contributed by atoms with van der Waals surface area (Å²) >= 11 is 0. The molecule has 0 amide bonds. The second-order valence-corrected chi connectivity index (χ2v) is 5.42. The molecule has 4 unspecified atom stereocenters. The first kappa shape index (κ1) is 10.3. The molecule has 1 aromatic rings. The van der Waals surface area contributed by atoms with Gasteiger partial charge in [-0.3, -0.25) is 0 Å². The van der Waals surface area contributed by atoms with E-state index >= 15 is 0 Å². The molecular weight excluding hydrogens is 201 g/mol. The summed E-state index contributed by atoms with van der Waals surface area (Å²) in [5.41, 5.74) is 7.41. The van der Waals surface area contributed by atoms with Gasteiger partial charge < -0.3 is 5.73 Å². The Morgan fingerprint density at radius 3 is 2.44 bits per heavy atom. The lowest BCUT2D eigenvalue weighted by Crippen LogP contribution is -2.25. The predicted molar refractivity (Wildman–Crippen MR) is 62.3 cm³/mol. The van der Waals surface area contributed by atoms with Crippen LogP contribution >= 0.6 is 0 Å². The highest BCUT2D eigenvalue weighted by Crippen LogP contribution is 2.51. The maximum atomic E-state index is 12.8. The van der Waals surface area contributed by atoms with Crippen LogP contribution in [0, 0.1) is 23.6 Å². The van der Waals surface area contributed by atoms with Crippen molar-refractivity contribution in [2.75, 3.05) is 0 Å². The van der Waals surface area contributed by atoms with Gasteiger partial charge in [-0.2, -0.15) is 0 Å². The third-order valence-electron chi connectivity index (χ3n) is 4.51. The van der Waals surface area contributed by atoms with E-state index in [-0.39, 0.29) is 11.9 Å². The fourth-order valence-electron chi connectivity index (χ4n) is 3.67. The van der Waals surface area contributed by atoms with Gasteiger partial charge in [-0.15, -0.1) is 0 Å². The zero-order valence-corrected chi connectivity index (χ0v) is 9.40. The molecule has 0 saturated heterocycles. The summed E-state index contributed by atoms with van der Waals surface area (Å²) in [4.78, 5) is 0. The lowest BCUT2D eigenvalue weighted by atomic mass is 9.81. The largest absolute Gasteiger partial charge is 0.324 e. The van der Waals surface area contributed by atoms with Crippen LogP contribution in [-0.2, 0) is 0 Å². The Kier molecular flexibility index (Phi) is 2.47. The third-order valence-corrected chi connectivity index (χ3v) is 4.51. The van der Waals surface area contributed by atoms with Gasteiger partial charge >= 0.3 is 0 Å². The molecule has 16 heavy (non-hydrogen) atoms. The first-order valence-corrected chi connectivity index (χ1v) is 6.25. The van der Waals surface area contributed by atoms with Crippen molar-refractivity contribution in [2.24, 2.45) is 23.5 Å². The molecule has 0 radical (unpaired) electrons. The van der Waals surface area contributed by atoms with Gasteiger partial charge in [0, 0.05) is 6.04 Å². The van der Waals surface area contributed by atoms with Crippen molar-refractivity contribution in [1.82, 2.24) is 0 Å². The van der Waals surface area contributed by atoms with E-state index in [9.17, 15) is 4.39 Å². The van der Waals surface area contributed by atoms with Crippen LogP contribution in [0.4, 0.5) is 4.39 Å². The van der Waals surface area contributed by atoms with Crippen molar-refractivity contribution in [3.05, 3.63) is 35.6 Å². The number of fused-ring (bicyclic) bond motifs is 2. The van der Waals surface area contributed by atoms with Gasteiger partial charge in [0.1, 0.15) is 5.82 Å². The fraction of sp³-hybridized carbons (Fsp3) is 0.571. The van der Waals surface area contributed by atoms with E-state index < -0.39 is 0 Å². The SMILES string of the molecule is NC(c1ccc(F)cc1)C1CC2CCC1C2. The Morgan fingerprint density at radius 1 is 1.12 bits per heavy atom. The van der Waals surface area contributed by atoms with Crippen LogP contribution in [0.3, 0.4) is 0 Å². The Morgan fingerprint density at radius 2 is 1.88 bits per heavy atom. The van der Waals surface area contributed by atoms with Gasteiger partial charge in [0.25, 0.3) is 0 Å². The summed E-state index contributed by atoms with van der Waals surface area (Å²) < 4.78 is 12.8. The van der Waals surface area contributed by atoms with Crippen LogP contribution in [0.15, 0.2) is 24.3 Å². The number of rotatable bonds is 2. The average molecular weight is 219 g/mol. The molecule has 2 N–H and O–H groups in total. The van der Waals surface area contributed by atoms with Crippen molar-refractivity contribution < 1.29 is 4.39 Å². The molecule has 1 nitrogen and oxygen atoms in total. The molecule has 1 aromatic carbocycles. The van der Waals surface area contributed by atoms with Gasteiger partial charge in [-0.1, -0.05) is 18.6 Å². The summed E-state index contributed by atoms with van der Waals surface area (Å²) in [5.74, 6) is 2.19. The molecule has 0 spiro atoms. The number of hydrogen-bond donors (Lipinski definition) is 1. The lowest BCUT2D eigenvalue weighted by molar-refractivity contribution is 0.284. The normalized spacial score (nSPS) is 34.2. The maximum absolute atomic E-state index is 12.8. The number of benzene rings is 1. The first-order valence-electron chi connectivity index (χ1n) is 6.25. The summed E-state index contributed by atoms with van der Waals surface area (Å²) in [6.07, 6.45) is 5.41. The monoisotopic (exact) mass is 219 g/mol. The van der Waals surface area contributed by atoms with Crippen LogP contribution in [0.2, 0.25) is 0 Å². The molecule has 86 valence electrons. The maximum Gasteiger partial charge on any atom is 0.123 e. The van der Waals surface area contributed by atoms with E-state index in [0.29, 0.717) is 5.92 Å². The van der Waals surface area contributed by atoms with Crippen molar-refractivity contribution in [3.8, 4) is 0 Å². The topological polar surface area (TPSA) is 26.0 Å². The molecule has 0 heterocycles. The highest BCUT2D eigenvalue weighted by Gasteiger charge is 2.42. The van der Waals surface area contributed by atoms with Crippen LogP contribution in [0.5, 0.6) is 0 Å². The first-order chi connectivity index (χ1) is 7.74. The van der Waals surface area contributed by atoms with Crippen molar-refractivity contribution in [1.29, 1.82) is 0 Å². The molecule has 2 saturated carbocycles. The lowest BCUT2D eigenvalue weighted by Gasteiger charge is -2.28. The molecule has 2 fully saturated rings. The van der Waals surface area contributed by atoms with Crippen LogP contribution in [0.1, 0.15) is 37.3 Å². The number of nitrogens with two attached hydrogens (primary N) is 1. The third kappa shape index (κ3) is 1.65. The van der Waals surface area contributed by atoms with Crippen LogP contribution in [0.25, 0.3) is 0 Å². The van der Waals surface area contributed by atoms with E-state index in [4.69, 9.17) is 5.73 Å². The predicted octanol–water partition coefficient (Wildman–Crippen LogP) is 3.26. The van der Waals surface area contributed by atoms with Crippen LogP contribution < -0.4 is 5.73 Å². The zero-order chi connectivity index (χ0) is 11.1. The number of halogens is 1. The Bertz CT molecular complexity index is 373. The zero-order valence-electron chi connectivity index (χ0n) is 9.40. The van der Waals surface area contributed by atoms with E-state index in [1.165, 1.54) is 37.8 Å². The highest BCUT2D eigenvalue weighted by molar-refractivity contribution is 5.21. The highest BCUT2D eigenvalue weighted by atomic mass is 19.1. The quantitative estimate of drug-likeness (QED) is 0.811. The summed E-state index contributed by atoms with van der Waals surface area (Å²) in [6.45, 7) is 0. The Hall–Kier alpha value is -0.890. The van der Waals surface area contributed by atoms with Gasteiger partial charge in [0.2, 0.25) is 0 Å². The van der Waals surface area contributed by atoms with Crippen LogP contribution in [-0.4, -0.2) is 0 Å².